The number of hydrogen-bond donors (Lipinski definition) is 1. The fraction of sp³-hybridized carbons (Fsp3) is 0.440. The van der Waals surface area contributed by atoms with Gasteiger partial charge in [0.2, 0.25) is 11.8 Å². The monoisotopic (exact) mass is 428 g/mol. The number of carbonyl (C=O) groups excluding carboxylic acids is 2. The molecule has 0 bridgehead atoms. The first-order valence-corrected chi connectivity index (χ1v) is 11.1. The van der Waals surface area contributed by atoms with Crippen molar-refractivity contribution in [3.05, 3.63) is 69.7 Å². The van der Waals surface area contributed by atoms with E-state index >= 15 is 0 Å². The van der Waals surface area contributed by atoms with E-state index in [-0.39, 0.29) is 18.2 Å². The highest BCUT2D eigenvalue weighted by Crippen LogP contribution is 2.21. The molecule has 162 valence electrons. The van der Waals surface area contributed by atoms with Crippen LogP contribution in [-0.2, 0) is 22.6 Å². The van der Waals surface area contributed by atoms with Crippen LogP contribution in [0, 0.1) is 13.8 Å². The molecule has 2 aromatic rings. The van der Waals surface area contributed by atoms with Crippen molar-refractivity contribution in [2.45, 2.75) is 66.0 Å². The van der Waals surface area contributed by atoms with E-state index in [2.05, 4.69) is 12.2 Å². The van der Waals surface area contributed by atoms with Gasteiger partial charge in [-0.3, -0.25) is 9.59 Å². The highest BCUT2D eigenvalue weighted by atomic mass is 35.5. The van der Waals surface area contributed by atoms with Crippen LogP contribution in [0.3, 0.4) is 0 Å². The lowest BCUT2D eigenvalue weighted by atomic mass is 10.0. The molecule has 0 heterocycles. The van der Waals surface area contributed by atoms with Crippen LogP contribution in [0.25, 0.3) is 0 Å². The molecule has 4 nitrogen and oxygen atoms in total. The number of halogens is 1. The van der Waals surface area contributed by atoms with Crippen molar-refractivity contribution in [2.24, 2.45) is 0 Å². The van der Waals surface area contributed by atoms with E-state index in [4.69, 9.17) is 11.6 Å². The Morgan fingerprint density at radius 3 is 2.47 bits per heavy atom. The van der Waals surface area contributed by atoms with Crippen molar-refractivity contribution in [2.75, 3.05) is 6.54 Å². The molecule has 0 aromatic heterocycles. The molecule has 0 unspecified atom stereocenters. The van der Waals surface area contributed by atoms with Gasteiger partial charge in [0.05, 0.1) is 6.42 Å². The van der Waals surface area contributed by atoms with Crippen molar-refractivity contribution in [1.82, 2.24) is 10.2 Å². The van der Waals surface area contributed by atoms with Crippen molar-refractivity contribution in [1.29, 1.82) is 0 Å². The molecule has 0 radical (unpaired) electrons. The lowest BCUT2D eigenvalue weighted by Gasteiger charge is -2.31. The third-order valence-corrected chi connectivity index (χ3v) is 5.73. The first kappa shape index (κ1) is 23.9. The molecular weight excluding hydrogens is 396 g/mol. The largest absolute Gasteiger partial charge is 0.354 e. The van der Waals surface area contributed by atoms with Gasteiger partial charge in [0.1, 0.15) is 6.04 Å². The van der Waals surface area contributed by atoms with Crippen LogP contribution in [0.15, 0.2) is 42.5 Å². The molecule has 5 heteroatoms. The number of aryl methyl sites for hydroxylation is 2. The van der Waals surface area contributed by atoms with Gasteiger partial charge in [-0.25, -0.2) is 0 Å². The van der Waals surface area contributed by atoms with E-state index in [1.165, 1.54) is 0 Å². The van der Waals surface area contributed by atoms with Crippen molar-refractivity contribution >= 4 is 23.4 Å². The van der Waals surface area contributed by atoms with Crippen molar-refractivity contribution < 1.29 is 9.59 Å². The summed E-state index contributed by atoms with van der Waals surface area (Å²) in [6.07, 6.45) is 2.73. The predicted molar refractivity (Wildman–Crippen MR) is 124 cm³/mol. The zero-order valence-corrected chi connectivity index (χ0v) is 19.3. The van der Waals surface area contributed by atoms with E-state index in [1.807, 2.05) is 63.2 Å². The standard InChI is InChI=1S/C25H33ClN2O2/c1-5-7-14-27-25(30)23(6-2)28(17-20-10-8-9-11-22(20)26)24(29)16-21-15-18(3)12-13-19(21)4/h8-13,15,23H,5-7,14,16-17H2,1-4H3,(H,27,30)/t23-/m0/s1. The van der Waals surface area contributed by atoms with Crippen LogP contribution in [0.1, 0.15) is 55.4 Å². The zero-order valence-electron chi connectivity index (χ0n) is 18.5. The van der Waals surface area contributed by atoms with Crippen LogP contribution < -0.4 is 5.32 Å². The van der Waals surface area contributed by atoms with Gasteiger partial charge in [-0.2, -0.15) is 0 Å². The van der Waals surface area contributed by atoms with Crippen LogP contribution >= 0.6 is 11.6 Å². The summed E-state index contributed by atoms with van der Waals surface area (Å²) >= 11 is 6.37. The minimum atomic E-state index is -0.532. The molecule has 0 saturated heterocycles. The summed E-state index contributed by atoms with van der Waals surface area (Å²) in [5.41, 5.74) is 4.02. The number of carbonyl (C=O) groups is 2. The molecule has 0 aliphatic carbocycles. The molecule has 0 aliphatic heterocycles. The molecule has 0 saturated carbocycles. The summed E-state index contributed by atoms with van der Waals surface area (Å²) in [5, 5.41) is 3.59. The van der Waals surface area contributed by atoms with Crippen LogP contribution in [0.5, 0.6) is 0 Å². The molecule has 2 aromatic carbocycles. The number of hydrogen-bond acceptors (Lipinski definition) is 2. The maximum atomic E-state index is 13.4. The Morgan fingerprint density at radius 1 is 1.07 bits per heavy atom. The average molecular weight is 429 g/mol. The Hall–Kier alpha value is -2.33. The SMILES string of the molecule is CCCCNC(=O)[C@H](CC)N(Cc1ccccc1Cl)C(=O)Cc1cc(C)ccc1C. The normalized spacial score (nSPS) is 11.8. The number of nitrogens with one attached hydrogen (secondary N) is 1. The fourth-order valence-electron chi connectivity index (χ4n) is 3.49. The highest BCUT2D eigenvalue weighted by molar-refractivity contribution is 6.31. The van der Waals surface area contributed by atoms with E-state index in [1.54, 1.807) is 4.90 Å². The summed E-state index contributed by atoms with van der Waals surface area (Å²) in [5.74, 6) is -0.173. The molecule has 1 N–H and O–H groups in total. The molecule has 30 heavy (non-hydrogen) atoms. The first-order chi connectivity index (χ1) is 14.4. The second kappa shape index (κ2) is 11.8. The van der Waals surface area contributed by atoms with Crippen LogP contribution in [-0.4, -0.2) is 29.3 Å². The maximum Gasteiger partial charge on any atom is 0.242 e. The first-order valence-electron chi connectivity index (χ1n) is 10.7. The smallest absolute Gasteiger partial charge is 0.242 e. The van der Waals surface area contributed by atoms with Crippen molar-refractivity contribution in [3.63, 3.8) is 0 Å². The molecule has 1 atom stereocenters. The lowest BCUT2D eigenvalue weighted by molar-refractivity contribution is -0.140. The third kappa shape index (κ3) is 6.60. The summed E-state index contributed by atoms with van der Waals surface area (Å²) in [6, 6.07) is 13.1. The van der Waals surface area contributed by atoms with E-state index in [9.17, 15) is 9.59 Å². The Labute approximate surface area is 185 Å². The Balaban J connectivity index is 2.31. The minimum Gasteiger partial charge on any atom is -0.354 e. The minimum absolute atomic E-state index is 0.0684. The van der Waals surface area contributed by atoms with E-state index in [0.717, 1.165) is 35.1 Å². The number of rotatable bonds is 10. The fourth-order valence-corrected chi connectivity index (χ4v) is 3.69. The molecular formula is C25H33ClN2O2. The molecule has 0 fully saturated rings. The van der Waals surface area contributed by atoms with E-state index in [0.29, 0.717) is 24.5 Å². The van der Waals surface area contributed by atoms with Gasteiger partial charge in [-0.1, -0.05) is 73.8 Å². The number of unbranched alkanes of at least 4 members (excludes halogenated alkanes) is 1. The van der Waals surface area contributed by atoms with Gasteiger partial charge < -0.3 is 10.2 Å². The topological polar surface area (TPSA) is 49.4 Å². The summed E-state index contributed by atoms with van der Waals surface area (Å²) in [7, 11) is 0. The summed E-state index contributed by atoms with van der Waals surface area (Å²) in [4.78, 5) is 28.0. The maximum absolute atomic E-state index is 13.4. The zero-order chi connectivity index (χ0) is 22.1. The average Bonchev–Trinajstić information content (AvgIpc) is 2.72. The third-order valence-electron chi connectivity index (χ3n) is 5.36. The van der Waals surface area contributed by atoms with Gasteiger partial charge in [-0.05, 0) is 49.4 Å². The van der Waals surface area contributed by atoms with Gasteiger partial charge >= 0.3 is 0 Å². The summed E-state index contributed by atoms with van der Waals surface area (Å²) in [6.45, 7) is 8.98. The second-order valence-corrected chi connectivity index (χ2v) is 8.20. The molecule has 0 aliphatic rings. The second-order valence-electron chi connectivity index (χ2n) is 7.79. The van der Waals surface area contributed by atoms with Gasteiger partial charge in [0.25, 0.3) is 0 Å². The van der Waals surface area contributed by atoms with Gasteiger partial charge in [0.15, 0.2) is 0 Å². The lowest BCUT2D eigenvalue weighted by Crippen LogP contribution is -2.49. The summed E-state index contributed by atoms with van der Waals surface area (Å²) < 4.78 is 0. The Bertz CT molecular complexity index is 866. The number of nitrogens with zero attached hydrogens (tertiary/aromatic N) is 1. The highest BCUT2D eigenvalue weighted by Gasteiger charge is 2.29. The quantitative estimate of drug-likeness (QED) is 0.527. The predicted octanol–water partition coefficient (Wildman–Crippen LogP) is 5.22. The Kier molecular flexibility index (Phi) is 9.38. The molecule has 0 spiro atoms. The number of benzene rings is 2. The van der Waals surface area contributed by atoms with Crippen LogP contribution in [0.2, 0.25) is 5.02 Å². The molecule has 2 amide bonds. The number of amides is 2. The Morgan fingerprint density at radius 2 is 1.80 bits per heavy atom. The van der Waals surface area contributed by atoms with Crippen molar-refractivity contribution in [3.8, 4) is 0 Å². The van der Waals surface area contributed by atoms with Gasteiger partial charge in [-0.15, -0.1) is 0 Å². The molecule has 2 rings (SSSR count). The van der Waals surface area contributed by atoms with E-state index < -0.39 is 6.04 Å². The van der Waals surface area contributed by atoms with Crippen LogP contribution in [0.4, 0.5) is 0 Å². The van der Waals surface area contributed by atoms with Gasteiger partial charge in [0, 0.05) is 18.1 Å².